The van der Waals surface area contributed by atoms with E-state index in [4.69, 9.17) is 11.6 Å². The first kappa shape index (κ1) is 12.3. The lowest BCUT2D eigenvalue weighted by molar-refractivity contribution is 0.588. The van der Waals surface area contributed by atoms with Crippen molar-refractivity contribution in [1.82, 2.24) is 10.3 Å². The van der Waals surface area contributed by atoms with Crippen LogP contribution in [0.25, 0.3) is 0 Å². The first-order valence-electron chi connectivity index (χ1n) is 5.06. The summed E-state index contributed by atoms with van der Waals surface area (Å²) >= 11 is 6.11. The largest absolute Gasteiger partial charge is 0.362 e. The number of anilines is 1. The second kappa shape index (κ2) is 5.33. The molecule has 0 aliphatic heterocycles. The zero-order chi connectivity index (χ0) is 11.4. The summed E-state index contributed by atoms with van der Waals surface area (Å²) in [5.74, 6) is 0.810. The topological polar surface area (TPSA) is 28.2 Å². The number of hydrogen-bond acceptors (Lipinski definition) is 3. The maximum absolute atomic E-state index is 6.11. The summed E-state index contributed by atoms with van der Waals surface area (Å²) in [7, 11) is 3.86. The third-order valence-corrected chi connectivity index (χ3v) is 2.29. The third-order valence-electron chi connectivity index (χ3n) is 2.02. The first-order chi connectivity index (χ1) is 7.00. The van der Waals surface area contributed by atoms with E-state index in [-0.39, 0.29) is 0 Å². The van der Waals surface area contributed by atoms with Gasteiger partial charge in [0.05, 0.1) is 5.02 Å². The maximum atomic E-state index is 6.11. The van der Waals surface area contributed by atoms with Gasteiger partial charge in [-0.15, -0.1) is 0 Å². The van der Waals surface area contributed by atoms with Crippen LogP contribution >= 0.6 is 11.6 Å². The van der Waals surface area contributed by atoms with Crippen molar-refractivity contribution in [3.63, 3.8) is 0 Å². The minimum Gasteiger partial charge on any atom is -0.362 e. The number of aromatic nitrogens is 1. The summed E-state index contributed by atoms with van der Waals surface area (Å²) in [5, 5.41) is 4.02. The monoisotopic (exact) mass is 227 g/mol. The Hall–Kier alpha value is -0.800. The molecule has 84 valence electrons. The van der Waals surface area contributed by atoms with Gasteiger partial charge >= 0.3 is 0 Å². The Bertz CT molecular complexity index is 324. The van der Waals surface area contributed by atoms with E-state index in [1.807, 2.05) is 31.3 Å². The molecule has 0 bridgehead atoms. The van der Waals surface area contributed by atoms with E-state index in [1.54, 1.807) is 0 Å². The van der Waals surface area contributed by atoms with Crippen molar-refractivity contribution in [2.45, 2.75) is 26.4 Å². The van der Waals surface area contributed by atoms with Gasteiger partial charge in [-0.2, -0.15) is 0 Å². The summed E-state index contributed by atoms with van der Waals surface area (Å²) in [4.78, 5) is 6.21. The molecule has 0 saturated heterocycles. The molecular formula is C11H18ClN3. The summed E-state index contributed by atoms with van der Waals surface area (Å²) in [6.07, 6.45) is 1.86. The fraction of sp³-hybridized carbons (Fsp3) is 0.545. The van der Waals surface area contributed by atoms with E-state index in [9.17, 15) is 0 Å². The van der Waals surface area contributed by atoms with Gasteiger partial charge in [-0.05, 0) is 11.6 Å². The van der Waals surface area contributed by atoms with Crippen LogP contribution in [0, 0.1) is 0 Å². The molecular weight excluding hydrogens is 210 g/mol. The zero-order valence-electron chi connectivity index (χ0n) is 9.71. The smallest absolute Gasteiger partial charge is 0.146 e. The highest BCUT2D eigenvalue weighted by atomic mass is 35.5. The summed E-state index contributed by atoms with van der Waals surface area (Å²) in [5.41, 5.74) is 1.11. The third kappa shape index (κ3) is 3.68. The predicted octanol–water partition coefficient (Wildman–Crippen LogP) is 2.30. The van der Waals surface area contributed by atoms with Crippen molar-refractivity contribution >= 4 is 17.4 Å². The number of nitrogens with zero attached hydrogens (tertiary/aromatic N) is 2. The molecule has 0 saturated carbocycles. The van der Waals surface area contributed by atoms with Crippen molar-refractivity contribution in [3.05, 3.63) is 22.8 Å². The number of nitrogens with one attached hydrogen (secondary N) is 1. The fourth-order valence-electron chi connectivity index (χ4n) is 1.22. The van der Waals surface area contributed by atoms with E-state index in [0.29, 0.717) is 11.1 Å². The van der Waals surface area contributed by atoms with Crippen molar-refractivity contribution < 1.29 is 0 Å². The van der Waals surface area contributed by atoms with Gasteiger partial charge < -0.3 is 10.2 Å². The first-order valence-corrected chi connectivity index (χ1v) is 5.43. The molecule has 0 fully saturated rings. The van der Waals surface area contributed by atoms with Crippen molar-refractivity contribution in [1.29, 1.82) is 0 Å². The lowest BCUT2D eigenvalue weighted by atomic mass is 10.2. The van der Waals surface area contributed by atoms with E-state index in [1.165, 1.54) is 0 Å². The molecule has 0 unspecified atom stereocenters. The molecule has 4 heteroatoms. The van der Waals surface area contributed by atoms with Gasteiger partial charge in [-0.1, -0.05) is 25.4 Å². The van der Waals surface area contributed by atoms with Gasteiger partial charge in [0.25, 0.3) is 0 Å². The second-order valence-corrected chi connectivity index (χ2v) is 4.49. The van der Waals surface area contributed by atoms with Crippen LogP contribution in [-0.2, 0) is 6.54 Å². The molecule has 1 aromatic heterocycles. The van der Waals surface area contributed by atoms with E-state index in [2.05, 4.69) is 24.1 Å². The quantitative estimate of drug-likeness (QED) is 0.856. The number of hydrogen-bond donors (Lipinski definition) is 1. The van der Waals surface area contributed by atoms with Crippen molar-refractivity contribution in [2.75, 3.05) is 19.0 Å². The molecule has 1 aromatic rings. The molecule has 0 aliphatic carbocycles. The molecule has 0 aromatic carbocycles. The molecule has 0 atom stereocenters. The summed E-state index contributed by atoms with van der Waals surface area (Å²) in [6, 6.07) is 2.43. The highest BCUT2D eigenvalue weighted by Crippen LogP contribution is 2.21. The molecule has 3 nitrogen and oxygen atoms in total. The fourth-order valence-corrected chi connectivity index (χ4v) is 1.58. The van der Waals surface area contributed by atoms with Crippen molar-refractivity contribution in [2.24, 2.45) is 0 Å². The van der Waals surface area contributed by atoms with Crippen LogP contribution < -0.4 is 10.2 Å². The molecule has 1 rings (SSSR count). The van der Waals surface area contributed by atoms with Gasteiger partial charge in [0.1, 0.15) is 5.82 Å². The lowest BCUT2D eigenvalue weighted by Gasteiger charge is -2.14. The molecule has 0 aliphatic rings. The Morgan fingerprint density at radius 1 is 1.47 bits per heavy atom. The van der Waals surface area contributed by atoms with Gasteiger partial charge in [-0.25, -0.2) is 4.98 Å². The highest BCUT2D eigenvalue weighted by Gasteiger charge is 2.05. The minimum absolute atomic E-state index is 0.470. The normalized spacial score (nSPS) is 10.8. The van der Waals surface area contributed by atoms with Crippen LogP contribution in [0.15, 0.2) is 12.3 Å². The number of halogens is 1. The van der Waals surface area contributed by atoms with Gasteiger partial charge in [0.15, 0.2) is 0 Å². The Balaban J connectivity index is 2.73. The lowest BCUT2D eigenvalue weighted by Crippen LogP contribution is -2.22. The van der Waals surface area contributed by atoms with Gasteiger partial charge in [0, 0.05) is 32.9 Å². The van der Waals surface area contributed by atoms with Crippen LogP contribution in [0.5, 0.6) is 0 Å². The Labute approximate surface area is 96.5 Å². The van der Waals surface area contributed by atoms with E-state index >= 15 is 0 Å². The summed E-state index contributed by atoms with van der Waals surface area (Å²) < 4.78 is 0. The molecule has 15 heavy (non-hydrogen) atoms. The molecule has 0 spiro atoms. The zero-order valence-corrected chi connectivity index (χ0v) is 10.5. The predicted molar refractivity (Wildman–Crippen MR) is 65.5 cm³/mol. The minimum atomic E-state index is 0.470. The van der Waals surface area contributed by atoms with Gasteiger partial charge in [0.2, 0.25) is 0 Å². The maximum Gasteiger partial charge on any atom is 0.146 e. The molecule has 1 N–H and O–H groups in total. The molecule has 0 radical (unpaired) electrons. The standard InChI is InChI=1S/C11H18ClN3/c1-8(2)13-6-9-5-10(12)11(14-7-9)15(3)4/h5,7-8,13H,6H2,1-4H3. The van der Waals surface area contributed by atoms with Crippen LogP contribution in [0.2, 0.25) is 5.02 Å². The average Bonchev–Trinajstić information content (AvgIpc) is 2.14. The Kier molecular flexibility index (Phi) is 4.36. The van der Waals surface area contributed by atoms with Crippen LogP contribution in [-0.4, -0.2) is 25.1 Å². The molecule has 0 amide bonds. The SMILES string of the molecule is CC(C)NCc1cnc(N(C)C)c(Cl)c1. The Morgan fingerprint density at radius 3 is 2.60 bits per heavy atom. The van der Waals surface area contributed by atoms with E-state index in [0.717, 1.165) is 17.9 Å². The van der Waals surface area contributed by atoms with Crippen LogP contribution in [0.1, 0.15) is 19.4 Å². The Morgan fingerprint density at radius 2 is 2.13 bits per heavy atom. The summed E-state index contributed by atoms with van der Waals surface area (Å²) in [6.45, 7) is 5.03. The number of pyridine rings is 1. The second-order valence-electron chi connectivity index (χ2n) is 4.08. The highest BCUT2D eigenvalue weighted by molar-refractivity contribution is 6.33. The molecule has 1 heterocycles. The van der Waals surface area contributed by atoms with E-state index < -0.39 is 0 Å². The van der Waals surface area contributed by atoms with Crippen molar-refractivity contribution in [3.8, 4) is 0 Å². The van der Waals surface area contributed by atoms with Crippen LogP contribution in [0.4, 0.5) is 5.82 Å². The number of rotatable bonds is 4. The average molecular weight is 228 g/mol. The van der Waals surface area contributed by atoms with Gasteiger partial charge in [-0.3, -0.25) is 0 Å². The van der Waals surface area contributed by atoms with Crippen LogP contribution in [0.3, 0.4) is 0 Å².